The molecule has 0 amide bonds. The van der Waals surface area contributed by atoms with Gasteiger partial charge in [0.25, 0.3) is 0 Å². The second-order valence-corrected chi connectivity index (χ2v) is 9.85. The number of fused-ring (bicyclic) bond motifs is 1. The van der Waals surface area contributed by atoms with Crippen molar-refractivity contribution in [3.8, 4) is 5.75 Å². The lowest BCUT2D eigenvalue weighted by Crippen LogP contribution is -2.23. The van der Waals surface area contributed by atoms with Crippen molar-refractivity contribution in [3.05, 3.63) is 69.5 Å². The number of hydrogen-bond donors (Lipinski definition) is 2. The van der Waals surface area contributed by atoms with Gasteiger partial charge in [-0.05, 0) is 47.6 Å². The molecule has 4 heteroatoms. The van der Waals surface area contributed by atoms with Gasteiger partial charge in [0.05, 0.1) is 5.57 Å². The number of aliphatic hydroxyl groups is 1. The number of aliphatic hydroxyl groups excluding tert-OH is 1. The number of rotatable bonds is 1. The molecule has 0 spiro atoms. The number of Topliss-reactive ketones (excluding diaryl/α,β-unsaturated/α-hetero) is 2. The Labute approximate surface area is 171 Å². The van der Waals surface area contributed by atoms with Gasteiger partial charge in [0.2, 0.25) is 5.78 Å². The molecule has 0 radical (unpaired) electrons. The third-order valence-corrected chi connectivity index (χ3v) is 5.36. The lowest BCUT2D eigenvalue weighted by molar-refractivity contribution is 0.0947. The highest BCUT2D eigenvalue weighted by Gasteiger charge is 2.35. The molecule has 2 aromatic rings. The SMILES string of the molecule is Cc1ccc2c(c1)C(=O)C(c1cc(C(C)(C)C)c(O)c(C(C)(C)C)c1)=C(O)C2=O. The van der Waals surface area contributed by atoms with Crippen LogP contribution in [0.4, 0.5) is 0 Å². The highest BCUT2D eigenvalue weighted by molar-refractivity contribution is 6.39. The lowest BCUT2D eigenvalue weighted by atomic mass is 9.76. The number of aromatic hydroxyl groups is 1. The molecule has 29 heavy (non-hydrogen) atoms. The molecular weight excluding hydrogens is 364 g/mol. The van der Waals surface area contributed by atoms with Crippen LogP contribution < -0.4 is 0 Å². The fraction of sp³-hybridized carbons (Fsp3) is 0.360. The maximum atomic E-state index is 13.3. The zero-order valence-electron chi connectivity index (χ0n) is 18.1. The highest BCUT2D eigenvalue weighted by Crippen LogP contribution is 2.42. The second-order valence-electron chi connectivity index (χ2n) is 9.85. The van der Waals surface area contributed by atoms with E-state index in [-0.39, 0.29) is 22.7 Å². The predicted octanol–water partition coefficient (Wildman–Crippen LogP) is 5.64. The molecule has 0 atom stereocenters. The first-order chi connectivity index (χ1) is 13.2. The first-order valence-electron chi connectivity index (χ1n) is 9.75. The summed E-state index contributed by atoms with van der Waals surface area (Å²) >= 11 is 0. The Bertz CT molecular complexity index is 1040. The van der Waals surface area contributed by atoms with Crippen LogP contribution in [0.5, 0.6) is 5.75 Å². The van der Waals surface area contributed by atoms with Crippen molar-refractivity contribution in [1.29, 1.82) is 0 Å². The van der Waals surface area contributed by atoms with Crippen LogP contribution in [0.25, 0.3) is 5.57 Å². The van der Waals surface area contributed by atoms with E-state index in [1.165, 1.54) is 0 Å². The lowest BCUT2D eigenvalue weighted by Gasteiger charge is -2.29. The number of ketones is 2. The first kappa shape index (κ1) is 20.8. The van der Waals surface area contributed by atoms with Gasteiger partial charge in [-0.3, -0.25) is 9.59 Å². The minimum absolute atomic E-state index is 0.0101. The quantitative estimate of drug-likeness (QED) is 0.658. The van der Waals surface area contributed by atoms with Gasteiger partial charge >= 0.3 is 0 Å². The van der Waals surface area contributed by atoms with Crippen LogP contribution in [0.2, 0.25) is 0 Å². The molecule has 152 valence electrons. The van der Waals surface area contributed by atoms with E-state index in [2.05, 4.69) is 0 Å². The summed E-state index contributed by atoms with van der Waals surface area (Å²) in [6, 6.07) is 8.43. The maximum Gasteiger partial charge on any atom is 0.228 e. The summed E-state index contributed by atoms with van der Waals surface area (Å²) in [7, 11) is 0. The molecule has 0 bridgehead atoms. The molecule has 0 saturated heterocycles. The molecule has 0 fully saturated rings. The first-order valence-corrected chi connectivity index (χ1v) is 9.75. The van der Waals surface area contributed by atoms with E-state index in [9.17, 15) is 19.8 Å². The standard InChI is InChI=1S/C25H28O4/c1-13-8-9-15-16(10-13)20(26)19(23(29)21(15)27)14-11-17(24(2,3)4)22(28)18(12-14)25(5,6)7/h8-12,28-29H,1-7H3. The minimum Gasteiger partial charge on any atom is -0.507 e. The minimum atomic E-state index is -0.558. The number of carbonyl (C=O) groups is 2. The third kappa shape index (κ3) is 3.48. The molecule has 0 aromatic heterocycles. The van der Waals surface area contributed by atoms with Crippen molar-refractivity contribution < 1.29 is 19.8 Å². The van der Waals surface area contributed by atoms with Crippen molar-refractivity contribution in [2.45, 2.75) is 59.3 Å². The molecule has 3 rings (SSSR count). The van der Waals surface area contributed by atoms with Crippen LogP contribution >= 0.6 is 0 Å². The van der Waals surface area contributed by atoms with Gasteiger partial charge < -0.3 is 10.2 Å². The number of allylic oxidation sites excluding steroid dienone is 2. The molecular formula is C25H28O4. The summed E-state index contributed by atoms with van der Waals surface area (Å²) < 4.78 is 0. The van der Waals surface area contributed by atoms with Crippen LogP contribution in [-0.2, 0) is 10.8 Å². The molecule has 1 aliphatic rings. The maximum absolute atomic E-state index is 13.3. The van der Waals surface area contributed by atoms with Crippen molar-refractivity contribution in [2.24, 2.45) is 0 Å². The Morgan fingerprint density at radius 1 is 0.724 bits per heavy atom. The Morgan fingerprint density at radius 2 is 1.24 bits per heavy atom. The molecule has 2 N–H and O–H groups in total. The summed E-state index contributed by atoms with van der Waals surface area (Å²) in [5.74, 6) is -1.31. The van der Waals surface area contributed by atoms with Crippen molar-refractivity contribution in [2.75, 3.05) is 0 Å². The largest absolute Gasteiger partial charge is 0.507 e. The number of carbonyl (C=O) groups excluding carboxylic acids is 2. The van der Waals surface area contributed by atoms with E-state index >= 15 is 0 Å². The van der Waals surface area contributed by atoms with Crippen molar-refractivity contribution >= 4 is 17.1 Å². The normalized spacial score (nSPS) is 15.0. The van der Waals surface area contributed by atoms with Gasteiger partial charge in [0.15, 0.2) is 11.5 Å². The average molecular weight is 392 g/mol. The molecule has 2 aromatic carbocycles. The van der Waals surface area contributed by atoms with Gasteiger partial charge in [-0.1, -0.05) is 53.2 Å². The van der Waals surface area contributed by atoms with Crippen LogP contribution in [0.15, 0.2) is 36.1 Å². The fourth-order valence-corrected chi connectivity index (χ4v) is 3.72. The number of phenolic OH excluding ortho intramolecular Hbond substituents is 1. The van der Waals surface area contributed by atoms with E-state index in [0.29, 0.717) is 22.3 Å². The summed E-state index contributed by atoms with van der Waals surface area (Å²) in [6.07, 6.45) is 0. The average Bonchev–Trinajstić information content (AvgIpc) is 2.59. The Hall–Kier alpha value is -2.88. The third-order valence-electron chi connectivity index (χ3n) is 5.36. The van der Waals surface area contributed by atoms with E-state index < -0.39 is 22.4 Å². The summed E-state index contributed by atoms with van der Waals surface area (Å²) in [5.41, 5.74) is 2.34. The van der Waals surface area contributed by atoms with E-state index in [4.69, 9.17) is 0 Å². The summed E-state index contributed by atoms with van der Waals surface area (Å²) in [4.78, 5) is 26.1. The zero-order valence-corrected chi connectivity index (χ0v) is 18.1. The highest BCUT2D eigenvalue weighted by atomic mass is 16.3. The van der Waals surface area contributed by atoms with Gasteiger partial charge in [-0.25, -0.2) is 0 Å². The molecule has 0 aliphatic heterocycles. The van der Waals surface area contributed by atoms with Gasteiger partial charge in [-0.2, -0.15) is 0 Å². The monoisotopic (exact) mass is 392 g/mol. The van der Waals surface area contributed by atoms with Crippen molar-refractivity contribution in [1.82, 2.24) is 0 Å². The predicted molar refractivity (Wildman–Crippen MR) is 115 cm³/mol. The van der Waals surface area contributed by atoms with Crippen LogP contribution in [0.1, 0.15) is 84.5 Å². The van der Waals surface area contributed by atoms with Crippen molar-refractivity contribution in [3.63, 3.8) is 0 Å². The van der Waals surface area contributed by atoms with Crippen LogP contribution in [0.3, 0.4) is 0 Å². The van der Waals surface area contributed by atoms with Gasteiger partial charge in [0.1, 0.15) is 5.75 Å². The Kier molecular flexibility index (Phi) is 4.73. The fourth-order valence-electron chi connectivity index (χ4n) is 3.72. The van der Waals surface area contributed by atoms with Crippen LogP contribution in [-0.4, -0.2) is 21.8 Å². The topological polar surface area (TPSA) is 74.6 Å². The molecule has 4 nitrogen and oxygen atoms in total. The summed E-state index contributed by atoms with van der Waals surface area (Å²) in [5, 5.41) is 21.6. The Morgan fingerprint density at radius 3 is 1.72 bits per heavy atom. The number of benzene rings is 2. The molecule has 0 unspecified atom stereocenters. The molecule has 0 heterocycles. The number of hydrogen-bond acceptors (Lipinski definition) is 4. The molecule has 1 aliphatic carbocycles. The second kappa shape index (κ2) is 6.58. The Balaban J connectivity index is 2.34. The van der Waals surface area contributed by atoms with E-state index in [1.54, 1.807) is 30.3 Å². The van der Waals surface area contributed by atoms with Crippen LogP contribution in [0, 0.1) is 6.92 Å². The molecule has 0 saturated carbocycles. The summed E-state index contributed by atoms with van der Waals surface area (Å²) in [6.45, 7) is 13.7. The zero-order chi connectivity index (χ0) is 21.9. The number of aryl methyl sites for hydroxylation is 1. The van der Waals surface area contributed by atoms with E-state index in [1.807, 2.05) is 48.5 Å². The van der Waals surface area contributed by atoms with E-state index in [0.717, 1.165) is 5.56 Å². The smallest absolute Gasteiger partial charge is 0.228 e. The number of phenols is 1. The van der Waals surface area contributed by atoms with Gasteiger partial charge in [0, 0.05) is 22.3 Å². The van der Waals surface area contributed by atoms with Gasteiger partial charge in [-0.15, -0.1) is 0 Å².